The first-order valence-corrected chi connectivity index (χ1v) is 16.2. The Balaban J connectivity index is 1.81. The third-order valence-corrected chi connectivity index (χ3v) is 9.03. The van der Waals surface area contributed by atoms with Crippen LogP contribution >= 0.6 is 0 Å². The van der Waals surface area contributed by atoms with Crippen molar-refractivity contribution in [2.75, 3.05) is 10.8 Å². The fourth-order valence-electron chi connectivity index (χ4n) is 4.87. The number of hydrogen-bond acceptors (Lipinski definition) is 4. The molecule has 0 aliphatic carbocycles. The molecule has 0 aromatic heterocycles. The summed E-state index contributed by atoms with van der Waals surface area (Å²) in [4.78, 5) is 29.8. The zero-order valence-electron chi connectivity index (χ0n) is 26.3. The van der Waals surface area contributed by atoms with Crippen molar-refractivity contribution < 1.29 is 22.4 Å². The van der Waals surface area contributed by atoms with Gasteiger partial charge in [-0.15, -0.1) is 0 Å². The predicted octanol–water partition coefficient (Wildman–Crippen LogP) is 6.19. The number of amides is 2. The molecule has 0 spiro atoms. The molecule has 0 saturated carbocycles. The smallest absolute Gasteiger partial charge is 0.264 e. The molecule has 9 heteroatoms. The van der Waals surface area contributed by atoms with E-state index < -0.39 is 39.9 Å². The number of sulfonamides is 1. The van der Waals surface area contributed by atoms with E-state index in [-0.39, 0.29) is 29.5 Å². The quantitative estimate of drug-likeness (QED) is 0.214. The van der Waals surface area contributed by atoms with Crippen LogP contribution in [0.2, 0.25) is 0 Å². The van der Waals surface area contributed by atoms with E-state index in [1.807, 2.05) is 89.2 Å². The highest BCUT2D eigenvalue weighted by Gasteiger charge is 2.35. The van der Waals surface area contributed by atoms with Gasteiger partial charge in [0.25, 0.3) is 10.0 Å². The van der Waals surface area contributed by atoms with Gasteiger partial charge in [-0.1, -0.05) is 77.9 Å². The summed E-state index contributed by atoms with van der Waals surface area (Å²) < 4.78 is 43.0. The van der Waals surface area contributed by atoms with Crippen LogP contribution in [-0.2, 0) is 32.6 Å². The zero-order valence-corrected chi connectivity index (χ0v) is 27.1. The number of halogens is 1. The Bertz CT molecular complexity index is 1700. The summed E-state index contributed by atoms with van der Waals surface area (Å²) in [6.45, 7) is 8.84. The topological polar surface area (TPSA) is 86.8 Å². The number of carbonyl (C=O) groups excluding carboxylic acids is 2. The van der Waals surface area contributed by atoms with Crippen LogP contribution in [0.25, 0.3) is 0 Å². The molecule has 7 nitrogen and oxygen atoms in total. The van der Waals surface area contributed by atoms with Crippen molar-refractivity contribution in [2.45, 2.75) is 64.1 Å². The number of carbonyl (C=O) groups is 2. The Morgan fingerprint density at radius 1 is 0.778 bits per heavy atom. The van der Waals surface area contributed by atoms with Crippen LogP contribution in [-0.4, -0.2) is 43.3 Å². The Labute approximate surface area is 265 Å². The van der Waals surface area contributed by atoms with E-state index in [0.717, 1.165) is 38.7 Å². The fraction of sp³-hybridized carbons (Fsp3) is 0.278. The Morgan fingerprint density at radius 2 is 1.33 bits per heavy atom. The molecule has 0 heterocycles. The molecule has 0 aliphatic heterocycles. The van der Waals surface area contributed by atoms with E-state index in [0.29, 0.717) is 0 Å². The SMILES string of the molecule is Cc1ccc(CN(C(=O)CN(c2ccc(F)cc2)S(=O)(=O)c2ccc(C)cc2)[C@@H](Cc2ccccc2)C(=O)NC(C)(C)C)cc1. The van der Waals surface area contributed by atoms with Crippen LogP contribution in [0, 0.1) is 19.7 Å². The lowest BCUT2D eigenvalue weighted by Crippen LogP contribution is -2.56. The molecule has 4 rings (SSSR count). The van der Waals surface area contributed by atoms with Crippen LogP contribution in [0.15, 0.2) is 108 Å². The van der Waals surface area contributed by atoms with Crippen molar-refractivity contribution in [1.29, 1.82) is 0 Å². The number of rotatable bonds is 11. The van der Waals surface area contributed by atoms with Crippen LogP contribution in [0.3, 0.4) is 0 Å². The third kappa shape index (κ3) is 9.01. The van der Waals surface area contributed by atoms with Crippen LogP contribution < -0.4 is 9.62 Å². The first kappa shape index (κ1) is 33.4. The molecular weight excluding hydrogens is 589 g/mol. The van der Waals surface area contributed by atoms with Gasteiger partial charge >= 0.3 is 0 Å². The van der Waals surface area contributed by atoms with Gasteiger partial charge in [-0.25, -0.2) is 12.8 Å². The van der Waals surface area contributed by atoms with Crippen molar-refractivity contribution in [1.82, 2.24) is 10.2 Å². The van der Waals surface area contributed by atoms with Crippen molar-refractivity contribution in [2.24, 2.45) is 0 Å². The summed E-state index contributed by atoms with van der Waals surface area (Å²) in [6.07, 6.45) is 0.210. The molecule has 4 aromatic carbocycles. The van der Waals surface area contributed by atoms with Crippen LogP contribution in [0.4, 0.5) is 10.1 Å². The minimum absolute atomic E-state index is 0.0124. The number of aryl methyl sites for hydroxylation is 2. The number of nitrogens with one attached hydrogen (secondary N) is 1. The first-order chi connectivity index (χ1) is 21.2. The molecule has 45 heavy (non-hydrogen) atoms. The highest BCUT2D eigenvalue weighted by atomic mass is 32.2. The van der Waals surface area contributed by atoms with Gasteiger partial charge in [0.1, 0.15) is 18.4 Å². The fourth-order valence-corrected chi connectivity index (χ4v) is 6.28. The standard InChI is InChI=1S/C36H40FN3O4S/c1-26-11-15-29(16-12-26)24-39(33(35(42)38-36(3,4)5)23-28-9-7-6-8-10-28)34(41)25-40(31-19-17-30(37)18-20-31)45(43,44)32-21-13-27(2)14-22-32/h6-22,33H,23-25H2,1-5H3,(H,38,42)/t33-/m0/s1. The van der Waals surface area contributed by atoms with E-state index >= 15 is 0 Å². The number of anilines is 1. The Kier molecular flexibility index (Phi) is 10.4. The van der Waals surface area contributed by atoms with Gasteiger partial charge in [0.2, 0.25) is 11.8 Å². The number of hydrogen-bond donors (Lipinski definition) is 1. The molecule has 4 aromatic rings. The van der Waals surface area contributed by atoms with Gasteiger partial charge in [0.05, 0.1) is 10.6 Å². The minimum atomic E-state index is -4.26. The largest absolute Gasteiger partial charge is 0.350 e. The predicted molar refractivity (Wildman–Crippen MR) is 176 cm³/mol. The lowest BCUT2D eigenvalue weighted by atomic mass is 10.0. The second kappa shape index (κ2) is 14.1. The molecular formula is C36H40FN3O4S. The summed E-state index contributed by atoms with van der Waals surface area (Å²) in [7, 11) is -4.26. The van der Waals surface area contributed by atoms with Gasteiger partial charge in [0, 0.05) is 18.5 Å². The normalized spacial score (nSPS) is 12.3. The van der Waals surface area contributed by atoms with Crippen LogP contribution in [0.5, 0.6) is 0 Å². The summed E-state index contributed by atoms with van der Waals surface area (Å²) in [5.74, 6) is -1.48. The Hall–Kier alpha value is -4.50. The molecule has 0 saturated heterocycles. The molecule has 0 unspecified atom stereocenters. The lowest BCUT2D eigenvalue weighted by molar-refractivity contribution is -0.140. The Morgan fingerprint density at radius 3 is 1.89 bits per heavy atom. The summed E-state index contributed by atoms with van der Waals surface area (Å²) in [6, 6.07) is 27.3. The highest BCUT2D eigenvalue weighted by Crippen LogP contribution is 2.26. The van der Waals surface area contributed by atoms with Gasteiger partial charge in [-0.3, -0.25) is 13.9 Å². The first-order valence-electron chi connectivity index (χ1n) is 14.8. The van der Waals surface area contributed by atoms with E-state index in [4.69, 9.17) is 0 Å². The maximum atomic E-state index is 14.5. The molecule has 2 amide bonds. The van der Waals surface area contributed by atoms with E-state index in [1.54, 1.807) is 12.1 Å². The maximum absolute atomic E-state index is 14.5. The van der Waals surface area contributed by atoms with Crippen molar-refractivity contribution in [3.05, 3.63) is 131 Å². The molecule has 236 valence electrons. The van der Waals surface area contributed by atoms with Gasteiger partial charge in [0.15, 0.2) is 0 Å². The average Bonchev–Trinajstić information content (AvgIpc) is 2.99. The molecule has 0 radical (unpaired) electrons. The third-order valence-electron chi connectivity index (χ3n) is 7.25. The molecule has 1 atom stereocenters. The van der Waals surface area contributed by atoms with Crippen molar-refractivity contribution in [3.63, 3.8) is 0 Å². The van der Waals surface area contributed by atoms with E-state index in [9.17, 15) is 22.4 Å². The highest BCUT2D eigenvalue weighted by molar-refractivity contribution is 7.92. The van der Waals surface area contributed by atoms with E-state index in [1.165, 1.54) is 29.2 Å². The number of nitrogens with zero attached hydrogens (tertiary/aromatic N) is 2. The zero-order chi connectivity index (χ0) is 32.8. The van der Waals surface area contributed by atoms with Gasteiger partial charge in [-0.2, -0.15) is 0 Å². The minimum Gasteiger partial charge on any atom is -0.350 e. The van der Waals surface area contributed by atoms with Gasteiger partial charge < -0.3 is 10.2 Å². The molecule has 0 aliphatic rings. The van der Waals surface area contributed by atoms with Gasteiger partial charge in [-0.05, 0) is 82.1 Å². The monoisotopic (exact) mass is 629 g/mol. The van der Waals surface area contributed by atoms with Crippen LogP contribution in [0.1, 0.15) is 43.0 Å². The molecule has 1 N–H and O–H groups in total. The second-order valence-corrected chi connectivity index (χ2v) is 14.1. The molecule has 0 fully saturated rings. The van der Waals surface area contributed by atoms with Crippen molar-refractivity contribution in [3.8, 4) is 0 Å². The average molecular weight is 630 g/mol. The van der Waals surface area contributed by atoms with E-state index in [2.05, 4.69) is 5.32 Å². The summed E-state index contributed by atoms with van der Waals surface area (Å²) in [5, 5.41) is 3.02. The number of benzene rings is 4. The van der Waals surface area contributed by atoms with Crippen molar-refractivity contribution >= 4 is 27.5 Å². The summed E-state index contributed by atoms with van der Waals surface area (Å²) >= 11 is 0. The second-order valence-electron chi connectivity index (χ2n) is 12.3. The lowest BCUT2D eigenvalue weighted by Gasteiger charge is -2.35. The summed E-state index contributed by atoms with van der Waals surface area (Å²) in [5.41, 5.74) is 3.07. The molecule has 0 bridgehead atoms. The maximum Gasteiger partial charge on any atom is 0.264 e.